The van der Waals surface area contributed by atoms with Gasteiger partial charge in [0.2, 0.25) is 0 Å². The van der Waals surface area contributed by atoms with Crippen molar-refractivity contribution in [2.24, 2.45) is 5.41 Å². The number of nitrogen functional groups attached to an aromatic ring is 1. The maximum absolute atomic E-state index is 13.9. The van der Waals surface area contributed by atoms with E-state index in [-0.39, 0.29) is 34.4 Å². The molecule has 0 aliphatic carbocycles. The standard InChI is InChI=1S/C30H29N7O4/c1-30(17-40-18-30)15-20(16-31)28(38)35-13-11-22(12-14-35)37-27-25(26(32)33-19-34-27)36(29(37)39)21-7-9-24(10-8-21)41-23-5-3-2-4-6-23/h2-10,15,19,22H,11-14,17-18H2,1H3,(H2,32,33,34)/b20-15+. The fraction of sp³-hybridized carbons (Fsp3) is 0.300. The molecule has 11 nitrogen and oxygen atoms in total. The Morgan fingerprint density at radius 2 is 1.78 bits per heavy atom. The molecule has 2 aliphatic rings. The summed E-state index contributed by atoms with van der Waals surface area (Å²) in [6, 6.07) is 18.4. The van der Waals surface area contributed by atoms with Gasteiger partial charge < -0.3 is 20.1 Å². The van der Waals surface area contributed by atoms with Gasteiger partial charge >= 0.3 is 5.69 Å². The van der Waals surface area contributed by atoms with E-state index in [0.29, 0.717) is 67.5 Å². The molecule has 4 heterocycles. The van der Waals surface area contributed by atoms with Crippen molar-refractivity contribution in [3.63, 3.8) is 0 Å². The maximum Gasteiger partial charge on any atom is 0.335 e. The number of hydrogen-bond acceptors (Lipinski definition) is 8. The lowest BCUT2D eigenvalue weighted by atomic mass is 9.86. The molecular formula is C30H29N7O4. The number of nitrogens with zero attached hydrogens (tertiary/aromatic N) is 6. The van der Waals surface area contributed by atoms with Crippen LogP contribution in [0, 0.1) is 16.7 Å². The Bertz CT molecular complexity index is 1720. The predicted molar refractivity (Wildman–Crippen MR) is 152 cm³/mol. The Labute approximate surface area is 236 Å². The van der Waals surface area contributed by atoms with E-state index in [1.54, 1.807) is 39.8 Å². The van der Waals surface area contributed by atoms with Crippen molar-refractivity contribution in [2.45, 2.75) is 25.8 Å². The number of carbonyl (C=O) groups is 1. The summed E-state index contributed by atoms with van der Waals surface area (Å²) < 4.78 is 14.3. The third kappa shape index (κ3) is 4.94. The molecule has 41 heavy (non-hydrogen) atoms. The summed E-state index contributed by atoms with van der Waals surface area (Å²) in [4.78, 5) is 37.3. The lowest BCUT2D eigenvalue weighted by molar-refractivity contribution is -0.128. The molecule has 0 spiro atoms. The summed E-state index contributed by atoms with van der Waals surface area (Å²) in [5.41, 5.74) is 7.28. The fourth-order valence-electron chi connectivity index (χ4n) is 5.42. The van der Waals surface area contributed by atoms with Crippen LogP contribution in [0.5, 0.6) is 11.5 Å². The Hall–Kier alpha value is -4.95. The number of ether oxygens (including phenoxy) is 2. The Morgan fingerprint density at radius 1 is 1.10 bits per heavy atom. The van der Waals surface area contributed by atoms with E-state index in [1.807, 2.05) is 37.3 Å². The van der Waals surface area contributed by atoms with Gasteiger partial charge in [0.25, 0.3) is 5.91 Å². The number of amides is 1. The second-order valence-corrected chi connectivity index (χ2v) is 10.7. The molecule has 11 heteroatoms. The molecule has 2 aromatic carbocycles. The quantitative estimate of drug-likeness (QED) is 0.283. The molecule has 2 fully saturated rings. The SMILES string of the molecule is CC1(/C=C(\C#N)C(=O)N2CCC(n3c(=O)n(-c4ccc(Oc5ccccc5)cc4)c4c(N)ncnc43)CC2)COC1. The highest BCUT2D eigenvalue weighted by Gasteiger charge is 2.35. The van der Waals surface area contributed by atoms with Crippen molar-refractivity contribution in [3.8, 4) is 23.3 Å². The Balaban J connectivity index is 1.26. The van der Waals surface area contributed by atoms with Gasteiger partial charge in [-0.3, -0.25) is 13.9 Å². The number of aromatic nitrogens is 4. The van der Waals surface area contributed by atoms with Gasteiger partial charge in [0.15, 0.2) is 11.5 Å². The highest BCUT2D eigenvalue weighted by Crippen LogP contribution is 2.32. The number of likely N-dealkylation sites (tertiary alicyclic amines) is 1. The van der Waals surface area contributed by atoms with Gasteiger partial charge in [0, 0.05) is 24.5 Å². The van der Waals surface area contributed by atoms with Gasteiger partial charge in [-0.15, -0.1) is 0 Å². The first-order valence-electron chi connectivity index (χ1n) is 13.4. The van der Waals surface area contributed by atoms with Gasteiger partial charge in [0.1, 0.15) is 35.0 Å². The van der Waals surface area contributed by atoms with Crippen LogP contribution >= 0.6 is 0 Å². The normalized spacial score (nSPS) is 17.2. The van der Waals surface area contributed by atoms with Crippen molar-refractivity contribution >= 4 is 22.9 Å². The summed E-state index contributed by atoms with van der Waals surface area (Å²) in [7, 11) is 0. The number of nitriles is 1. The summed E-state index contributed by atoms with van der Waals surface area (Å²) in [6.07, 6.45) is 4.12. The number of piperidine rings is 1. The monoisotopic (exact) mass is 551 g/mol. The zero-order valence-electron chi connectivity index (χ0n) is 22.6. The van der Waals surface area contributed by atoms with Crippen molar-refractivity contribution in [1.82, 2.24) is 24.0 Å². The molecule has 0 unspecified atom stereocenters. The van der Waals surface area contributed by atoms with Gasteiger partial charge in [-0.1, -0.05) is 31.2 Å². The highest BCUT2D eigenvalue weighted by molar-refractivity contribution is 5.97. The number of rotatable bonds is 6. The Kier molecular flexibility index (Phi) is 6.77. The number of hydrogen-bond donors (Lipinski definition) is 1. The van der Waals surface area contributed by atoms with E-state index < -0.39 is 0 Å². The number of anilines is 1. The first-order chi connectivity index (χ1) is 19.9. The average Bonchev–Trinajstić information content (AvgIpc) is 3.28. The molecule has 0 saturated carbocycles. The summed E-state index contributed by atoms with van der Waals surface area (Å²) in [5, 5.41) is 9.63. The molecular weight excluding hydrogens is 522 g/mol. The number of carbonyl (C=O) groups excluding carboxylic acids is 1. The van der Waals surface area contributed by atoms with Crippen molar-refractivity contribution in [1.29, 1.82) is 5.26 Å². The molecule has 0 atom stereocenters. The van der Waals surface area contributed by atoms with Gasteiger partial charge in [-0.25, -0.2) is 14.8 Å². The van der Waals surface area contributed by atoms with E-state index >= 15 is 0 Å². The molecule has 0 bridgehead atoms. The molecule has 2 aliphatic heterocycles. The fourth-order valence-corrected chi connectivity index (χ4v) is 5.42. The highest BCUT2D eigenvalue weighted by atomic mass is 16.5. The van der Waals surface area contributed by atoms with E-state index in [1.165, 1.54) is 10.9 Å². The van der Waals surface area contributed by atoms with Crippen molar-refractivity contribution < 1.29 is 14.3 Å². The topological polar surface area (TPSA) is 141 Å². The zero-order valence-corrected chi connectivity index (χ0v) is 22.6. The lowest BCUT2D eigenvalue weighted by Gasteiger charge is -2.36. The van der Waals surface area contributed by atoms with Crippen LogP contribution in [0.2, 0.25) is 0 Å². The third-order valence-corrected chi connectivity index (χ3v) is 7.58. The second kappa shape index (κ2) is 10.6. The minimum Gasteiger partial charge on any atom is -0.457 e. The van der Waals surface area contributed by atoms with E-state index in [9.17, 15) is 14.9 Å². The van der Waals surface area contributed by atoms with Crippen LogP contribution in [0.1, 0.15) is 25.8 Å². The zero-order chi connectivity index (χ0) is 28.6. The number of benzene rings is 2. The molecule has 2 N–H and O–H groups in total. The second-order valence-electron chi connectivity index (χ2n) is 10.7. The number of imidazole rings is 1. The summed E-state index contributed by atoms with van der Waals surface area (Å²) in [6.45, 7) is 3.76. The van der Waals surface area contributed by atoms with E-state index in [2.05, 4.69) is 16.0 Å². The first kappa shape index (κ1) is 26.3. The molecule has 1 amide bonds. The molecule has 0 radical (unpaired) electrons. The number of fused-ring (bicyclic) bond motifs is 1. The molecule has 4 aromatic rings. The van der Waals surface area contributed by atoms with Gasteiger partial charge in [0.05, 0.1) is 18.9 Å². The van der Waals surface area contributed by atoms with Crippen LogP contribution in [-0.2, 0) is 9.53 Å². The van der Waals surface area contributed by atoms with Gasteiger partial charge in [-0.05, 0) is 49.2 Å². The largest absolute Gasteiger partial charge is 0.457 e. The Morgan fingerprint density at radius 3 is 2.41 bits per heavy atom. The number of para-hydroxylation sites is 1. The average molecular weight is 552 g/mol. The predicted octanol–water partition coefficient (Wildman–Crippen LogP) is 3.61. The van der Waals surface area contributed by atoms with Crippen LogP contribution in [-0.4, -0.2) is 56.2 Å². The number of nitrogens with two attached hydrogens (primary N) is 1. The molecule has 208 valence electrons. The first-order valence-corrected chi connectivity index (χ1v) is 13.4. The summed E-state index contributed by atoms with van der Waals surface area (Å²) >= 11 is 0. The molecule has 6 rings (SSSR count). The maximum atomic E-state index is 13.9. The van der Waals surface area contributed by atoms with Crippen LogP contribution in [0.15, 0.2) is 77.4 Å². The van der Waals surface area contributed by atoms with Crippen LogP contribution in [0.25, 0.3) is 16.9 Å². The molecule has 2 aromatic heterocycles. The van der Waals surface area contributed by atoms with E-state index in [0.717, 1.165) is 0 Å². The van der Waals surface area contributed by atoms with Crippen LogP contribution in [0.4, 0.5) is 5.82 Å². The van der Waals surface area contributed by atoms with Crippen LogP contribution < -0.4 is 16.2 Å². The summed E-state index contributed by atoms with van der Waals surface area (Å²) in [5.74, 6) is 1.24. The van der Waals surface area contributed by atoms with Crippen molar-refractivity contribution in [3.05, 3.63) is 83.1 Å². The molecule has 2 saturated heterocycles. The third-order valence-electron chi connectivity index (χ3n) is 7.58. The minimum absolute atomic E-state index is 0.128. The van der Waals surface area contributed by atoms with Gasteiger partial charge in [-0.2, -0.15) is 5.26 Å². The lowest BCUT2D eigenvalue weighted by Crippen LogP contribution is -2.43. The van der Waals surface area contributed by atoms with E-state index in [4.69, 9.17) is 15.2 Å². The van der Waals surface area contributed by atoms with Crippen molar-refractivity contribution in [2.75, 3.05) is 32.0 Å². The minimum atomic E-state index is -0.293. The smallest absolute Gasteiger partial charge is 0.335 e. The van der Waals surface area contributed by atoms with Crippen LogP contribution in [0.3, 0.4) is 0 Å².